The van der Waals surface area contributed by atoms with Crippen LogP contribution in [0.3, 0.4) is 0 Å². The van der Waals surface area contributed by atoms with E-state index in [4.69, 9.17) is 9.72 Å². The molecule has 3 aromatic heterocycles. The number of hydrogen-bond acceptors (Lipinski definition) is 6. The summed E-state index contributed by atoms with van der Waals surface area (Å²) in [6.45, 7) is 3.38. The Bertz CT molecular complexity index is 1410. The van der Waals surface area contributed by atoms with Crippen LogP contribution in [0.1, 0.15) is 31.7 Å². The number of imidazole rings is 1. The van der Waals surface area contributed by atoms with Gasteiger partial charge in [-0.15, -0.1) is 0 Å². The zero-order chi connectivity index (χ0) is 23.9. The first-order chi connectivity index (χ1) is 17.1. The van der Waals surface area contributed by atoms with Gasteiger partial charge in [-0.3, -0.25) is 14.1 Å². The number of pyridine rings is 2. The summed E-state index contributed by atoms with van der Waals surface area (Å²) in [5.74, 6) is 1.03. The van der Waals surface area contributed by atoms with Gasteiger partial charge in [0.15, 0.2) is 0 Å². The van der Waals surface area contributed by atoms with Crippen LogP contribution in [0.5, 0.6) is 0 Å². The molecular formula is C27H32N6O2. The number of fused-ring (bicyclic) bond motifs is 3. The Kier molecular flexibility index (Phi) is 5.78. The Morgan fingerprint density at radius 3 is 2.57 bits per heavy atom. The van der Waals surface area contributed by atoms with E-state index in [1.165, 1.54) is 0 Å². The van der Waals surface area contributed by atoms with E-state index in [-0.39, 0.29) is 11.7 Å². The highest BCUT2D eigenvalue weighted by molar-refractivity contribution is 6.04. The predicted octanol–water partition coefficient (Wildman–Crippen LogP) is 3.49. The molecule has 0 spiro atoms. The summed E-state index contributed by atoms with van der Waals surface area (Å²) < 4.78 is 9.36. The lowest BCUT2D eigenvalue weighted by Gasteiger charge is -2.32. The molecule has 2 aliphatic heterocycles. The molecule has 2 aliphatic rings. The van der Waals surface area contributed by atoms with Crippen molar-refractivity contribution < 1.29 is 4.74 Å². The fourth-order valence-electron chi connectivity index (χ4n) is 5.61. The fourth-order valence-corrected chi connectivity index (χ4v) is 5.61. The first-order valence-electron chi connectivity index (χ1n) is 12.6. The molecule has 2 saturated heterocycles. The maximum atomic E-state index is 13.2. The van der Waals surface area contributed by atoms with Gasteiger partial charge in [-0.2, -0.15) is 0 Å². The van der Waals surface area contributed by atoms with Gasteiger partial charge >= 0.3 is 5.69 Å². The number of aryl methyl sites for hydroxylation is 1. The molecular weight excluding hydrogens is 440 g/mol. The van der Waals surface area contributed by atoms with Crippen molar-refractivity contribution in [3.63, 3.8) is 0 Å². The zero-order valence-corrected chi connectivity index (χ0v) is 20.4. The molecule has 8 nitrogen and oxygen atoms in total. The van der Waals surface area contributed by atoms with Crippen molar-refractivity contribution in [2.75, 3.05) is 38.3 Å². The lowest BCUT2D eigenvalue weighted by atomic mass is 10.0. The van der Waals surface area contributed by atoms with Crippen molar-refractivity contribution in [3.8, 4) is 11.1 Å². The Morgan fingerprint density at radius 2 is 1.86 bits per heavy atom. The summed E-state index contributed by atoms with van der Waals surface area (Å²) in [6.07, 6.45) is 7.95. The van der Waals surface area contributed by atoms with Crippen LogP contribution >= 0.6 is 0 Å². The molecule has 4 aromatic rings. The summed E-state index contributed by atoms with van der Waals surface area (Å²) in [4.78, 5) is 25.1. The number of anilines is 1. The van der Waals surface area contributed by atoms with Crippen molar-refractivity contribution in [1.82, 2.24) is 24.4 Å². The van der Waals surface area contributed by atoms with E-state index in [1.54, 1.807) is 4.57 Å². The first kappa shape index (κ1) is 22.2. The molecule has 5 heterocycles. The number of piperidine rings is 1. The standard InChI is InChI=1S/C27H32N6O2/c1-28-20-9-11-32(12-10-20)25-8-6-19(15-30-25)18-5-7-23-22(14-18)26-24(16-29-23)31(2)27(34)33(26)21-4-3-13-35-17-21/h5-8,14-16,20-21,28H,3-4,9-13,17H2,1-2H3/t21-/m1/s1. The number of rotatable bonds is 4. The van der Waals surface area contributed by atoms with E-state index in [0.29, 0.717) is 12.6 Å². The van der Waals surface area contributed by atoms with Gasteiger partial charge in [-0.1, -0.05) is 6.07 Å². The molecule has 0 unspecified atom stereocenters. The predicted molar refractivity (Wildman–Crippen MR) is 139 cm³/mol. The monoisotopic (exact) mass is 472 g/mol. The van der Waals surface area contributed by atoms with Crippen molar-refractivity contribution in [2.45, 2.75) is 37.8 Å². The third-order valence-electron chi connectivity index (χ3n) is 7.73. The molecule has 0 bridgehead atoms. The van der Waals surface area contributed by atoms with Gasteiger partial charge in [-0.25, -0.2) is 9.78 Å². The van der Waals surface area contributed by atoms with Crippen molar-refractivity contribution in [2.24, 2.45) is 7.05 Å². The van der Waals surface area contributed by atoms with Gasteiger partial charge in [0.2, 0.25) is 0 Å². The summed E-state index contributed by atoms with van der Waals surface area (Å²) in [7, 11) is 3.86. The molecule has 0 saturated carbocycles. The van der Waals surface area contributed by atoms with Gasteiger partial charge in [0.1, 0.15) is 5.82 Å². The molecule has 8 heteroatoms. The Hall–Kier alpha value is -3.23. The Labute approximate surface area is 204 Å². The minimum atomic E-state index is -0.0109. The number of aromatic nitrogens is 4. The third kappa shape index (κ3) is 3.90. The summed E-state index contributed by atoms with van der Waals surface area (Å²) in [6, 6.07) is 11.2. The quantitative estimate of drug-likeness (QED) is 0.490. The van der Waals surface area contributed by atoms with Gasteiger partial charge in [0, 0.05) is 49.9 Å². The topological polar surface area (TPSA) is 77.2 Å². The highest BCUT2D eigenvalue weighted by Crippen LogP contribution is 2.31. The molecule has 0 amide bonds. The van der Waals surface area contributed by atoms with Crippen molar-refractivity contribution in [1.29, 1.82) is 0 Å². The number of nitrogens with one attached hydrogen (secondary N) is 1. The Balaban J connectivity index is 1.39. The second-order valence-corrected chi connectivity index (χ2v) is 9.76. The molecule has 182 valence electrons. The minimum Gasteiger partial charge on any atom is -0.379 e. The molecule has 35 heavy (non-hydrogen) atoms. The van der Waals surface area contributed by atoms with Crippen LogP contribution in [-0.2, 0) is 11.8 Å². The van der Waals surface area contributed by atoms with Gasteiger partial charge in [-0.05, 0) is 62.6 Å². The number of hydrogen-bond donors (Lipinski definition) is 1. The van der Waals surface area contributed by atoms with Gasteiger partial charge < -0.3 is 15.0 Å². The lowest BCUT2D eigenvalue weighted by molar-refractivity contribution is 0.0593. The maximum absolute atomic E-state index is 13.2. The molecule has 2 fully saturated rings. The largest absolute Gasteiger partial charge is 0.379 e. The van der Waals surface area contributed by atoms with Crippen LogP contribution < -0.4 is 15.9 Å². The van der Waals surface area contributed by atoms with Crippen molar-refractivity contribution >= 4 is 27.8 Å². The van der Waals surface area contributed by atoms with E-state index >= 15 is 0 Å². The van der Waals surface area contributed by atoms with Crippen LogP contribution in [0.4, 0.5) is 5.82 Å². The van der Waals surface area contributed by atoms with Gasteiger partial charge in [0.05, 0.1) is 35.4 Å². The van der Waals surface area contributed by atoms with E-state index in [9.17, 15) is 4.79 Å². The van der Waals surface area contributed by atoms with Crippen LogP contribution in [0.25, 0.3) is 33.1 Å². The second-order valence-electron chi connectivity index (χ2n) is 9.76. The van der Waals surface area contributed by atoms with Crippen LogP contribution in [0.2, 0.25) is 0 Å². The zero-order valence-electron chi connectivity index (χ0n) is 20.4. The van der Waals surface area contributed by atoms with Crippen molar-refractivity contribution in [3.05, 3.63) is 53.2 Å². The number of ether oxygens (including phenoxy) is 1. The lowest BCUT2D eigenvalue weighted by Crippen LogP contribution is -2.41. The molecule has 0 aliphatic carbocycles. The van der Waals surface area contributed by atoms with E-state index in [2.05, 4.69) is 39.5 Å². The first-order valence-corrected chi connectivity index (χ1v) is 12.6. The second kappa shape index (κ2) is 9.09. The molecule has 1 N–H and O–H groups in total. The van der Waals surface area contributed by atoms with E-state index < -0.39 is 0 Å². The summed E-state index contributed by atoms with van der Waals surface area (Å²) >= 11 is 0. The maximum Gasteiger partial charge on any atom is 0.329 e. The molecule has 1 aromatic carbocycles. The third-order valence-corrected chi connectivity index (χ3v) is 7.73. The average molecular weight is 473 g/mol. The minimum absolute atomic E-state index is 0.0109. The fraction of sp³-hybridized carbons (Fsp3) is 0.444. The van der Waals surface area contributed by atoms with E-state index in [1.807, 2.05) is 37.1 Å². The number of nitrogens with zero attached hydrogens (tertiary/aromatic N) is 5. The van der Waals surface area contributed by atoms with E-state index in [0.717, 1.165) is 84.3 Å². The summed E-state index contributed by atoms with van der Waals surface area (Å²) in [5, 5.41) is 4.37. The van der Waals surface area contributed by atoms with Crippen LogP contribution in [0, 0.1) is 0 Å². The van der Waals surface area contributed by atoms with Gasteiger partial charge in [0.25, 0.3) is 0 Å². The molecule has 0 radical (unpaired) electrons. The van der Waals surface area contributed by atoms with Crippen LogP contribution in [-0.4, -0.2) is 58.5 Å². The Morgan fingerprint density at radius 1 is 1.03 bits per heavy atom. The summed E-state index contributed by atoms with van der Waals surface area (Å²) in [5.41, 5.74) is 4.80. The molecule has 1 atom stereocenters. The van der Waals surface area contributed by atoms with Crippen LogP contribution in [0.15, 0.2) is 47.5 Å². The SMILES string of the molecule is CNC1CCN(c2ccc(-c3ccc4ncc5c(c4c3)n([C@@H]3CCCOC3)c(=O)n5C)cn2)CC1. The molecule has 6 rings (SSSR count). The normalized spacial score (nSPS) is 19.6. The highest BCUT2D eigenvalue weighted by atomic mass is 16.5. The highest BCUT2D eigenvalue weighted by Gasteiger charge is 2.24. The number of benzene rings is 1. The average Bonchev–Trinajstić information content (AvgIpc) is 3.19. The smallest absolute Gasteiger partial charge is 0.329 e.